The molecule has 0 radical (unpaired) electrons. The van der Waals surface area contributed by atoms with E-state index in [0.29, 0.717) is 0 Å². The van der Waals surface area contributed by atoms with E-state index < -0.39 is 0 Å². The first kappa shape index (κ1) is 12.0. The highest BCUT2D eigenvalue weighted by Crippen LogP contribution is 2.26. The minimum absolute atomic E-state index is 0.180. The second-order valence-corrected chi connectivity index (χ2v) is 3.90. The number of aryl methyl sites for hydroxylation is 1. The number of nitrogens with one attached hydrogen (secondary N) is 1. The molecule has 84 valence electrons. The third-order valence-corrected chi connectivity index (χ3v) is 2.47. The molecule has 3 heteroatoms. The van der Waals surface area contributed by atoms with Crippen molar-refractivity contribution in [1.29, 1.82) is 0 Å². The van der Waals surface area contributed by atoms with Crippen LogP contribution in [0.2, 0.25) is 0 Å². The molecule has 0 fully saturated rings. The van der Waals surface area contributed by atoms with Crippen molar-refractivity contribution < 1.29 is 4.74 Å². The smallest absolute Gasteiger partial charge is 0.125 e. The highest BCUT2D eigenvalue weighted by atomic mass is 16.5. The fraction of sp³-hybridized carbons (Fsp3) is 0.500. The molecule has 0 aromatic heterocycles. The van der Waals surface area contributed by atoms with Crippen molar-refractivity contribution in [3.63, 3.8) is 0 Å². The van der Waals surface area contributed by atoms with Crippen LogP contribution in [-0.2, 0) is 0 Å². The van der Waals surface area contributed by atoms with Gasteiger partial charge < -0.3 is 10.1 Å². The van der Waals surface area contributed by atoms with E-state index in [1.807, 2.05) is 27.2 Å². The van der Waals surface area contributed by atoms with Gasteiger partial charge in [-0.3, -0.25) is 4.90 Å². The van der Waals surface area contributed by atoms with E-state index in [2.05, 4.69) is 29.3 Å². The fourth-order valence-corrected chi connectivity index (χ4v) is 1.76. The van der Waals surface area contributed by atoms with Gasteiger partial charge in [0.1, 0.15) is 5.75 Å². The van der Waals surface area contributed by atoms with Gasteiger partial charge in [-0.05, 0) is 40.2 Å². The molecule has 0 saturated heterocycles. The van der Waals surface area contributed by atoms with Gasteiger partial charge in [0, 0.05) is 5.56 Å². The average molecular weight is 208 g/mol. The standard InChI is InChI=1S/C12H20N2O/c1-9-6-7-11(15-5)10(8-9)12(13-2)14(3)4/h6-8,12-13H,1-5H3. The van der Waals surface area contributed by atoms with Crippen LogP contribution < -0.4 is 10.1 Å². The van der Waals surface area contributed by atoms with Gasteiger partial charge in [-0.2, -0.15) is 0 Å². The molecule has 0 amide bonds. The summed E-state index contributed by atoms with van der Waals surface area (Å²) in [5, 5.41) is 3.27. The number of ether oxygens (including phenoxy) is 1. The van der Waals surface area contributed by atoms with Gasteiger partial charge in [0.2, 0.25) is 0 Å². The minimum Gasteiger partial charge on any atom is -0.496 e. The Morgan fingerprint density at radius 1 is 1.33 bits per heavy atom. The third kappa shape index (κ3) is 2.70. The summed E-state index contributed by atoms with van der Waals surface area (Å²) in [7, 11) is 7.74. The number of methoxy groups -OCH3 is 1. The average Bonchev–Trinajstić information content (AvgIpc) is 2.18. The highest BCUT2D eigenvalue weighted by molar-refractivity contribution is 5.38. The predicted molar refractivity (Wildman–Crippen MR) is 63.2 cm³/mol. The van der Waals surface area contributed by atoms with E-state index >= 15 is 0 Å². The van der Waals surface area contributed by atoms with E-state index in [0.717, 1.165) is 5.75 Å². The molecule has 3 nitrogen and oxygen atoms in total. The number of benzene rings is 1. The van der Waals surface area contributed by atoms with Crippen molar-refractivity contribution in [3.8, 4) is 5.75 Å². The Morgan fingerprint density at radius 3 is 2.47 bits per heavy atom. The molecule has 0 aliphatic heterocycles. The molecule has 0 saturated carbocycles. The van der Waals surface area contributed by atoms with Gasteiger partial charge in [0.15, 0.2) is 0 Å². The monoisotopic (exact) mass is 208 g/mol. The number of hydrogen-bond acceptors (Lipinski definition) is 3. The SMILES string of the molecule is CNC(c1cc(C)ccc1OC)N(C)C. The summed E-state index contributed by atoms with van der Waals surface area (Å²) in [6.07, 6.45) is 0.180. The van der Waals surface area contributed by atoms with Crippen molar-refractivity contribution in [3.05, 3.63) is 29.3 Å². The molecule has 1 aromatic rings. The lowest BCUT2D eigenvalue weighted by molar-refractivity contribution is 0.256. The van der Waals surface area contributed by atoms with Crippen LogP contribution in [0, 0.1) is 6.92 Å². The minimum atomic E-state index is 0.180. The lowest BCUT2D eigenvalue weighted by Gasteiger charge is -2.26. The zero-order valence-corrected chi connectivity index (χ0v) is 10.2. The molecule has 0 heterocycles. The molecule has 15 heavy (non-hydrogen) atoms. The summed E-state index contributed by atoms with van der Waals surface area (Å²) in [4.78, 5) is 2.12. The largest absolute Gasteiger partial charge is 0.496 e. The maximum Gasteiger partial charge on any atom is 0.125 e. The van der Waals surface area contributed by atoms with Crippen LogP contribution in [0.25, 0.3) is 0 Å². The normalized spacial score (nSPS) is 12.9. The molecule has 0 aliphatic rings. The van der Waals surface area contributed by atoms with Crippen LogP contribution in [0.3, 0.4) is 0 Å². The lowest BCUT2D eigenvalue weighted by atomic mass is 10.1. The van der Waals surface area contributed by atoms with Gasteiger partial charge in [0.25, 0.3) is 0 Å². The van der Waals surface area contributed by atoms with Crippen LogP contribution in [0.4, 0.5) is 0 Å². The second kappa shape index (κ2) is 5.14. The summed E-state index contributed by atoms with van der Waals surface area (Å²) in [5.41, 5.74) is 2.41. The van der Waals surface area contributed by atoms with Gasteiger partial charge in [-0.1, -0.05) is 11.6 Å². The van der Waals surface area contributed by atoms with Crippen LogP contribution in [0.5, 0.6) is 5.75 Å². The fourth-order valence-electron chi connectivity index (χ4n) is 1.76. The van der Waals surface area contributed by atoms with Crippen molar-refractivity contribution >= 4 is 0 Å². The van der Waals surface area contributed by atoms with Crippen molar-refractivity contribution in [2.24, 2.45) is 0 Å². The first-order chi connectivity index (χ1) is 7.10. The van der Waals surface area contributed by atoms with E-state index in [9.17, 15) is 0 Å². The molecular formula is C12H20N2O. The Morgan fingerprint density at radius 2 is 2.00 bits per heavy atom. The zero-order valence-electron chi connectivity index (χ0n) is 10.2. The molecule has 1 aromatic carbocycles. The second-order valence-electron chi connectivity index (χ2n) is 3.90. The van der Waals surface area contributed by atoms with Crippen LogP contribution >= 0.6 is 0 Å². The lowest BCUT2D eigenvalue weighted by Crippen LogP contribution is -2.31. The quantitative estimate of drug-likeness (QED) is 0.763. The molecule has 1 atom stereocenters. The van der Waals surface area contributed by atoms with Gasteiger partial charge in [-0.15, -0.1) is 0 Å². The van der Waals surface area contributed by atoms with Gasteiger partial charge >= 0.3 is 0 Å². The summed E-state index contributed by atoms with van der Waals surface area (Å²) in [6.45, 7) is 2.09. The molecular weight excluding hydrogens is 188 g/mol. The molecule has 1 rings (SSSR count). The highest BCUT2D eigenvalue weighted by Gasteiger charge is 2.16. The predicted octanol–water partition coefficient (Wildman–Crippen LogP) is 1.78. The Labute approximate surface area is 92.0 Å². The van der Waals surface area contributed by atoms with Crippen molar-refractivity contribution in [2.45, 2.75) is 13.1 Å². The Bertz CT molecular complexity index is 323. The zero-order chi connectivity index (χ0) is 11.4. The van der Waals surface area contributed by atoms with E-state index in [1.54, 1.807) is 7.11 Å². The Hall–Kier alpha value is -1.06. The maximum atomic E-state index is 5.37. The van der Waals surface area contributed by atoms with Crippen LogP contribution in [0.15, 0.2) is 18.2 Å². The van der Waals surface area contributed by atoms with E-state index in [-0.39, 0.29) is 6.17 Å². The maximum absolute atomic E-state index is 5.37. The molecule has 0 spiro atoms. The first-order valence-corrected chi connectivity index (χ1v) is 5.08. The van der Waals surface area contributed by atoms with Crippen LogP contribution in [0.1, 0.15) is 17.3 Å². The van der Waals surface area contributed by atoms with E-state index in [4.69, 9.17) is 4.74 Å². The molecule has 1 N–H and O–H groups in total. The van der Waals surface area contributed by atoms with E-state index in [1.165, 1.54) is 11.1 Å². The van der Waals surface area contributed by atoms with Gasteiger partial charge in [0.05, 0.1) is 13.3 Å². The Balaban J connectivity index is 3.13. The summed E-state index contributed by atoms with van der Waals surface area (Å²) < 4.78 is 5.37. The Kier molecular flexibility index (Phi) is 4.12. The summed E-state index contributed by atoms with van der Waals surface area (Å²) in [6, 6.07) is 6.23. The summed E-state index contributed by atoms with van der Waals surface area (Å²) >= 11 is 0. The van der Waals surface area contributed by atoms with Crippen molar-refractivity contribution in [1.82, 2.24) is 10.2 Å². The van der Waals surface area contributed by atoms with Crippen LogP contribution in [-0.4, -0.2) is 33.2 Å². The molecule has 0 aliphatic carbocycles. The molecule has 0 bridgehead atoms. The van der Waals surface area contributed by atoms with Crippen molar-refractivity contribution in [2.75, 3.05) is 28.3 Å². The molecule has 1 unspecified atom stereocenters. The van der Waals surface area contributed by atoms with Gasteiger partial charge in [-0.25, -0.2) is 0 Å². The topological polar surface area (TPSA) is 24.5 Å². The number of rotatable bonds is 4. The number of hydrogen-bond donors (Lipinski definition) is 1. The number of nitrogens with zero attached hydrogens (tertiary/aromatic N) is 1. The summed E-state index contributed by atoms with van der Waals surface area (Å²) in [5.74, 6) is 0.925. The first-order valence-electron chi connectivity index (χ1n) is 5.08. The third-order valence-electron chi connectivity index (χ3n) is 2.47.